The molecule has 0 atom stereocenters. The SMILES string of the molecule is O=C(Nc1ccc(CNC(=O)N2CCC(C(=O)O)CC2)cc1)c1ccc(F)cc1. The largest absolute Gasteiger partial charge is 0.481 e. The molecule has 2 aromatic rings. The number of piperidine rings is 1. The van der Waals surface area contributed by atoms with Crippen molar-refractivity contribution in [1.82, 2.24) is 10.2 Å². The van der Waals surface area contributed by atoms with E-state index in [1.165, 1.54) is 24.3 Å². The van der Waals surface area contributed by atoms with Gasteiger partial charge in [-0.1, -0.05) is 12.1 Å². The van der Waals surface area contributed by atoms with Gasteiger partial charge >= 0.3 is 12.0 Å². The minimum atomic E-state index is -0.809. The smallest absolute Gasteiger partial charge is 0.317 e. The molecular weight excluding hydrogens is 377 g/mol. The number of amides is 3. The van der Waals surface area contributed by atoms with E-state index in [4.69, 9.17) is 5.11 Å². The number of likely N-dealkylation sites (tertiary alicyclic amines) is 1. The molecular formula is C21H22FN3O4. The van der Waals surface area contributed by atoms with Crippen molar-refractivity contribution >= 4 is 23.6 Å². The van der Waals surface area contributed by atoms with Crippen LogP contribution >= 0.6 is 0 Å². The van der Waals surface area contributed by atoms with E-state index in [1.807, 2.05) is 0 Å². The lowest BCUT2D eigenvalue weighted by atomic mass is 9.97. The molecule has 1 saturated heterocycles. The van der Waals surface area contributed by atoms with Crippen LogP contribution in [-0.2, 0) is 11.3 Å². The van der Waals surface area contributed by atoms with Crippen LogP contribution in [0.4, 0.5) is 14.9 Å². The second-order valence-corrected chi connectivity index (χ2v) is 6.92. The van der Waals surface area contributed by atoms with Gasteiger partial charge in [-0.25, -0.2) is 9.18 Å². The van der Waals surface area contributed by atoms with Gasteiger partial charge in [0.25, 0.3) is 5.91 Å². The molecule has 0 spiro atoms. The lowest BCUT2D eigenvalue weighted by Crippen LogP contribution is -2.45. The number of urea groups is 1. The molecule has 0 aromatic heterocycles. The molecule has 1 aliphatic rings. The summed E-state index contributed by atoms with van der Waals surface area (Å²) >= 11 is 0. The minimum absolute atomic E-state index is 0.220. The highest BCUT2D eigenvalue weighted by molar-refractivity contribution is 6.04. The molecule has 0 radical (unpaired) electrons. The fourth-order valence-corrected chi connectivity index (χ4v) is 3.13. The Morgan fingerprint density at radius 1 is 1.00 bits per heavy atom. The van der Waals surface area contributed by atoms with E-state index in [2.05, 4.69) is 10.6 Å². The third-order valence-electron chi connectivity index (χ3n) is 4.89. The maximum absolute atomic E-state index is 12.9. The summed E-state index contributed by atoms with van der Waals surface area (Å²) in [6, 6.07) is 12.1. The molecule has 3 amide bonds. The van der Waals surface area contributed by atoms with E-state index in [9.17, 15) is 18.8 Å². The number of hydrogen-bond donors (Lipinski definition) is 3. The summed E-state index contributed by atoms with van der Waals surface area (Å²) in [6.45, 7) is 1.18. The van der Waals surface area contributed by atoms with Crippen molar-refractivity contribution in [2.45, 2.75) is 19.4 Å². The third kappa shape index (κ3) is 5.54. The monoisotopic (exact) mass is 399 g/mol. The van der Waals surface area contributed by atoms with E-state index < -0.39 is 11.8 Å². The van der Waals surface area contributed by atoms with Crippen LogP contribution in [0.25, 0.3) is 0 Å². The summed E-state index contributed by atoms with van der Waals surface area (Å²) in [5, 5.41) is 14.6. The van der Waals surface area contributed by atoms with Crippen LogP contribution in [0.15, 0.2) is 48.5 Å². The van der Waals surface area contributed by atoms with Gasteiger partial charge in [0, 0.05) is 30.9 Å². The van der Waals surface area contributed by atoms with Crippen LogP contribution in [0, 0.1) is 11.7 Å². The Hall–Kier alpha value is -3.42. The number of anilines is 1. The molecule has 1 aliphatic heterocycles. The predicted molar refractivity (Wildman–Crippen MR) is 105 cm³/mol. The number of benzene rings is 2. The third-order valence-corrected chi connectivity index (χ3v) is 4.89. The second-order valence-electron chi connectivity index (χ2n) is 6.92. The number of hydrogen-bond acceptors (Lipinski definition) is 3. The molecule has 0 bridgehead atoms. The van der Waals surface area contributed by atoms with Crippen molar-refractivity contribution in [2.24, 2.45) is 5.92 Å². The fourth-order valence-electron chi connectivity index (χ4n) is 3.13. The Morgan fingerprint density at radius 2 is 1.62 bits per heavy atom. The van der Waals surface area contributed by atoms with Gasteiger partial charge in [-0.05, 0) is 54.8 Å². The number of halogens is 1. The number of nitrogens with zero attached hydrogens (tertiary/aromatic N) is 1. The van der Waals surface area contributed by atoms with Crippen molar-refractivity contribution in [3.8, 4) is 0 Å². The Bertz CT molecular complexity index is 876. The number of carboxylic acid groups (broad SMARTS) is 1. The van der Waals surface area contributed by atoms with Gasteiger partial charge < -0.3 is 20.6 Å². The van der Waals surface area contributed by atoms with Gasteiger partial charge in [0.05, 0.1) is 5.92 Å². The first-order valence-corrected chi connectivity index (χ1v) is 9.34. The highest BCUT2D eigenvalue weighted by atomic mass is 19.1. The van der Waals surface area contributed by atoms with Gasteiger partial charge in [-0.3, -0.25) is 9.59 Å². The quantitative estimate of drug-likeness (QED) is 0.720. The molecule has 152 valence electrons. The number of carbonyl (C=O) groups is 3. The molecule has 3 N–H and O–H groups in total. The molecule has 0 unspecified atom stereocenters. The number of rotatable bonds is 5. The first-order valence-electron chi connectivity index (χ1n) is 9.34. The first kappa shape index (κ1) is 20.3. The number of aliphatic carboxylic acids is 1. The average molecular weight is 399 g/mol. The summed E-state index contributed by atoms with van der Waals surface area (Å²) in [6.07, 6.45) is 0.927. The lowest BCUT2D eigenvalue weighted by Gasteiger charge is -2.30. The Balaban J connectivity index is 1.47. The fraction of sp³-hybridized carbons (Fsp3) is 0.286. The van der Waals surface area contributed by atoms with Crippen LogP contribution in [-0.4, -0.2) is 41.0 Å². The van der Waals surface area contributed by atoms with E-state index in [-0.39, 0.29) is 17.9 Å². The normalized spacial score (nSPS) is 14.3. The zero-order chi connectivity index (χ0) is 20.8. The van der Waals surface area contributed by atoms with Gasteiger partial charge in [0.15, 0.2) is 0 Å². The van der Waals surface area contributed by atoms with E-state index in [0.717, 1.165) is 5.56 Å². The molecule has 2 aromatic carbocycles. The Kier molecular flexibility index (Phi) is 6.43. The minimum Gasteiger partial charge on any atom is -0.481 e. The molecule has 3 rings (SSSR count). The van der Waals surface area contributed by atoms with E-state index >= 15 is 0 Å². The number of carbonyl (C=O) groups excluding carboxylic acids is 2. The maximum atomic E-state index is 12.9. The highest BCUT2D eigenvalue weighted by Gasteiger charge is 2.26. The maximum Gasteiger partial charge on any atom is 0.317 e. The number of nitrogens with one attached hydrogen (secondary N) is 2. The molecule has 8 heteroatoms. The summed E-state index contributed by atoms with van der Waals surface area (Å²) < 4.78 is 12.9. The van der Waals surface area contributed by atoms with Crippen molar-refractivity contribution in [3.05, 3.63) is 65.5 Å². The Labute approximate surface area is 167 Å². The summed E-state index contributed by atoms with van der Waals surface area (Å²) in [4.78, 5) is 36.9. The van der Waals surface area contributed by atoms with Gasteiger partial charge in [-0.15, -0.1) is 0 Å². The number of carboxylic acids is 1. The topological polar surface area (TPSA) is 98.7 Å². The van der Waals surface area contributed by atoms with E-state index in [1.54, 1.807) is 29.2 Å². The predicted octanol–water partition coefficient (Wildman–Crippen LogP) is 3.08. The van der Waals surface area contributed by atoms with Crippen LogP contribution in [0.3, 0.4) is 0 Å². The van der Waals surface area contributed by atoms with E-state index in [0.29, 0.717) is 43.7 Å². The molecule has 0 aliphatic carbocycles. The molecule has 0 saturated carbocycles. The van der Waals surface area contributed by atoms with Crippen molar-refractivity contribution in [3.63, 3.8) is 0 Å². The van der Waals surface area contributed by atoms with Crippen LogP contribution in [0.5, 0.6) is 0 Å². The van der Waals surface area contributed by atoms with Crippen LogP contribution < -0.4 is 10.6 Å². The molecule has 1 heterocycles. The van der Waals surface area contributed by atoms with Crippen molar-refractivity contribution in [2.75, 3.05) is 18.4 Å². The zero-order valence-electron chi connectivity index (χ0n) is 15.7. The van der Waals surface area contributed by atoms with Crippen LogP contribution in [0.1, 0.15) is 28.8 Å². The van der Waals surface area contributed by atoms with Crippen molar-refractivity contribution < 1.29 is 23.9 Å². The van der Waals surface area contributed by atoms with Gasteiger partial charge in [0.1, 0.15) is 5.82 Å². The standard InChI is InChI=1S/C21H22FN3O4/c22-17-5-3-15(4-6-17)19(26)24-18-7-1-14(2-8-18)13-23-21(29)25-11-9-16(10-12-25)20(27)28/h1-8,16H,9-13H2,(H,23,29)(H,24,26)(H,27,28). The molecule has 1 fully saturated rings. The van der Waals surface area contributed by atoms with Gasteiger partial charge in [-0.2, -0.15) is 0 Å². The average Bonchev–Trinajstić information content (AvgIpc) is 2.73. The van der Waals surface area contributed by atoms with Gasteiger partial charge in [0.2, 0.25) is 0 Å². The highest BCUT2D eigenvalue weighted by Crippen LogP contribution is 2.17. The second kappa shape index (κ2) is 9.18. The molecule has 29 heavy (non-hydrogen) atoms. The Morgan fingerprint density at radius 3 is 2.21 bits per heavy atom. The molecule has 7 nitrogen and oxygen atoms in total. The summed E-state index contributed by atoms with van der Waals surface area (Å²) in [7, 11) is 0. The van der Waals surface area contributed by atoms with Crippen LogP contribution in [0.2, 0.25) is 0 Å². The zero-order valence-corrected chi connectivity index (χ0v) is 15.7. The summed E-state index contributed by atoms with van der Waals surface area (Å²) in [5.74, 6) is -1.93. The van der Waals surface area contributed by atoms with Crippen molar-refractivity contribution in [1.29, 1.82) is 0 Å². The summed E-state index contributed by atoms with van der Waals surface area (Å²) in [5.41, 5.74) is 1.80. The first-order chi connectivity index (χ1) is 13.9. The lowest BCUT2D eigenvalue weighted by molar-refractivity contribution is -0.143.